The Morgan fingerprint density at radius 1 is 1.45 bits per heavy atom. The summed E-state index contributed by atoms with van der Waals surface area (Å²) in [4.78, 5) is 12.4. The molecule has 0 unspecified atom stereocenters. The van der Waals surface area contributed by atoms with Gasteiger partial charge in [0.15, 0.2) is 5.84 Å². The summed E-state index contributed by atoms with van der Waals surface area (Å²) in [6.45, 7) is 0. The number of hydrogen-bond donors (Lipinski definition) is 3. The summed E-state index contributed by atoms with van der Waals surface area (Å²) in [5.74, 6) is -3.18. The van der Waals surface area contributed by atoms with Crippen LogP contribution in [0.15, 0.2) is 34.3 Å². The first-order valence-electron chi connectivity index (χ1n) is 5.83. The first-order chi connectivity index (χ1) is 9.49. The van der Waals surface area contributed by atoms with Crippen molar-refractivity contribution in [1.82, 2.24) is 0 Å². The number of nitrogens with one attached hydrogen (secondary N) is 1. The van der Waals surface area contributed by atoms with E-state index in [2.05, 4.69) is 10.5 Å². The number of para-hydroxylation sites is 1. The minimum absolute atomic E-state index is 0.158. The van der Waals surface area contributed by atoms with Gasteiger partial charge in [0.05, 0.1) is 5.69 Å². The van der Waals surface area contributed by atoms with Crippen molar-refractivity contribution >= 4 is 29.2 Å². The lowest BCUT2D eigenvalue weighted by molar-refractivity contribution is -0.119. The summed E-state index contributed by atoms with van der Waals surface area (Å²) >= 11 is 0.353. The first kappa shape index (κ1) is 14.6. The molecular formula is C12H13F2N3O2S. The maximum absolute atomic E-state index is 12.4. The molecule has 1 aromatic rings. The Labute approximate surface area is 118 Å². The van der Waals surface area contributed by atoms with Gasteiger partial charge < -0.3 is 16.3 Å². The zero-order valence-electron chi connectivity index (χ0n) is 10.3. The topological polar surface area (TPSA) is 87.7 Å². The quantitative estimate of drug-likeness (QED) is 0.256. The number of amides is 1. The number of hydrogen-bond acceptors (Lipinski definition) is 4. The van der Waals surface area contributed by atoms with E-state index in [1.165, 1.54) is 12.1 Å². The molecule has 20 heavy (non-hydrogen) atoms. The maximum Gasteiger partial charge on any atom is 0.288 e. The lowest BCUT2D eigenvalue weighted by atomic mass is 10.1. The van der Waals surface area contributed by atoms with Gasteiger partial charge in [0.25, 0.3) is 5.76 Å². The number of carbonyl (C=O) groups excluding carboxylic acids is 1. The number of anilines is 1. The van der Waals surface area contributed by atoms with Crippen molar-refractivity contribution in [2.75, 3.05) is 5.32 Å². The van der Waals surface area contributed by atoms with Gasteiger partial charge in [0.2, 0.25) is 5.91 Å². The molecule has 1 aliphatic carbocycles. The molecule has 108 valence electrons. The van der Waals surface area contributed by atoms with Crippen molar-refractivity contribution in [3.8, 4) is 0 Å². The number of alkyl halides is 2. The van der Waals surface area contributed by atoms with E-state index in [1.54, 1.807) is 12.1 Å². The van der Waals surface area contributed by atoms with Crippen LogP contribution in [0.2, 0.25) is 0 Å². The highest BCUT2D eigenvalue weighted by Gasteiger charge is 2.54. The van der Waals surface area contributed by atoms with E-state index < -0.39 is 17.1 Å². The van der Waals surface area contributed by atoms with Crippen LogP contribution >= 0.6 is 11.8 Å². The second kappa shape index (κ2) is 5.66. The van der Waals surface area contributed by atoms with E-state index in [-0.39, 0.29) is 10.7 Å². The molecule has 0 spiro atoms. The van der Waals surface area contributed by atoms with E-state index >= 15 is 0 Å². The van der Waals surface area contributed by atoms with Gasteiger partial charge in [-0.3, -0.25) is 4.79 Å². The minimum Gasteiger partial charge on any atom is -0.409 e. The highest BCUT2D eigenvalue weighted by molar-refractivity contribution is 7.99. The molecule has 0 aromatic heterocycles. The Morgan fingerprint density at radius 2 is 2.10 bits per heavy atom. The predicted octanol–water partition coefficient (Wildman–Crippen LogP) is 2.47. The van der Waals surface area contributed by atoms with Crippen LogP contribution < -0.4 is 11.1 Å². The van der Waals surface area contributed by atoms with Crippen LogP contribution in [0.4, 0.5) is 14.5 Å². The average molecular weight is 301 g/mol. The lowest BCUT2D eigenvalue weighted by Crippen LogP contribution is -2.36. The van der Waals surface area contributed by atoms with Crippen molar-refractivity contribution in [1.29, 1.82) is 0 Å². The summed E-state index contributed by atoms with van der Waals surface area (Å²) in [7, 11) is 0. The normalized spacial score (nSPS) is 17.1. The van der Waals surface area contributed by atoms with Crippen LogP contribution in [-0.4, -0.2) is 22.7 Å². The second-order valence-electron chi connectivity index (χ2n) is 4.40. The Morgan fingerprint density at radius 3 is 2.65 bits per heavy atom. The Kier molecular flexibility index (Phi) is 4.12. The molecule has 0 atom stereocenters. The van der Waals surface area contributed by atoms with Crippen LogP contribution in [0, 0.1) is 5.41 Å². The second-order valence-corrected chi connectivity index (χ2v) is 5.43. The third-order valence-corrected chi connectivity index (χ3v) is 3.92. The molecule has 5 nitrogen and oxygen atoms in total. The molecule has 1 amide bonds. The molecule has 1 saturated carbocycles. The average Bonchev–Trinajstić information content (AvgIpc) is 3.21. The van der Waals surface area contributed by atoms with Gasteiger partial charge in [0, 0.05) is 4.90 Å². The Bertz CT molecular complexity index is 547. The fourth-order valence-corrected chi connectivity index (χ4v) is 2.43. The van der Waals surface area contributed by atoms with Gasteiger partial charge in [0.1, 0.15) is 5.41 Å². The molecule has 0 aliphatic heterocycles. The number of rotatable bonds is 5. The molecule has 0 saturated heterocycles. The van der Waals surface area contributed by atoms with Gasteiger partial charge in [-0.05, 0) is 25.0 Å². The van der Waals surface area contributed by atoms with Gasteiger partial charge in [-0.2, -0.15) is 8.78 Å². The zero-order chi connectivity index (χ0) is 14.8. The van der Waals surface area contributed by atoms with Gasteiger partial charge >= 0.3 is 0 Å². The van der Waals surface area contributed by atoms with Gasteiger partial charge in [-0.25, -0.2) is 0 Å². The fraction of sp³-hybridized carbons (Fsp3) is 0.333. The minimum atomic E-state index is -2.58. The highest BCUT2D eigenvalue weighted by atomic mass is 32.2. The SMILES string of the molecule is N/C(=N/O)C1(C(=O)Nc2ccccc2SC(F)F)CC1. The number of amidine groups is 1. The monoisotopic (exact) mass is 301 g/mol. The molecule has 2 rings (SSSR count). The summed E-state index contributed by atoms with van der Waals surface area (Å²) < 4.78 is 24.9. The number of benzene rings is 1. The van der Waals surface area contributed by atoms with E-state index in [9.17, 15) is 13.6 Å². The van der Waals surface area contributed by atoms with Crippen molar-refractivity contribution in [3.05, 3.63) is 24.3 Å². The first-order valence-corrected chi connectivity index (χ1v) is 6.71. The van der Waals surface area contributed by atoms with Crippen molar-refractivity contribution in [3.63, 3.8) is 0 Å². The Balaban J connectivity index is 2.17. The van der Waals surface area contributed by atoms with Gasteiger partial charge in [-0.15, -0.1) is 0 Å². The standard InChI is InChI=1S/C12H13F2N3O2S/c13-11(14)20-8-4-2-1-3-7(8)16-10(18)12(5-6-12)9(15)17-19/h1-4,11,19H,5-6H2,(H2,15,17)(H,16,18). The van der Waals surface area contributed by atoms with Crippen LogP contribution in [0.1, 0.15) is 12.8 Å². The number of oxime groups is 1. The van der Waals surface area contributed by atoms with Crippen LogP contribution in [0.25, 0.3) is 0 Å². The van der Waals surface area contributed by atoms with Crippen molar-refractivity contribution in [2.24, 2.45) is 16.3 Å². The van der Waals surface area contributed by atoms with Crippen LogP contribution in [-0.2, 0) is 4.79 Å². The van der Waals surface area contributed by atoms with Gasteiger partial charge in [-0.1, -0.05) is 29.1 Å². The number of nitrogens with zero attached hydrogens (tertiary/aromatic N) is 1. The van der Waals surface area contributed by atoms with E-state index in [0.717, 1.165) is 0 Å². The largest absolute Gasteiger partial charge is 0.409 e. The summed E-state index contributed by atoms with van der Waals surface area (Å²) in [6, 6.07) is 6.27. The van der Waals surface area contributed by atoms with Crippen molar-refractivity contribution in [2.45, 2.75) is 23.5 Å². The molecule has 1 aliphatic rings. The van der Waals surface area contributed by atoms with E-state index in [1.807, 2.05) is 0 Å². The molecule has 1 aromatic carbocycles. The predicted molar refractivity (Wildman–Crippen MR) is 72.0 cm³/mol. The fourth-order valence-electron chi connectivity index (χ4n) is 1.83. The highest BCUT2D eigenvalue weighted by Crippen LogP contribution is 2.47. The third-order valence-electron chi connectivity index (χ3n) is 3.13. The summed E-state index contributed by atoms with van der Waals surface area (Å²) in [6.07, 6.45) is 0.942. The summed E-state index contributed by atoms with van der Waals surface area (Å²) in [5.41, 5.74) is 4.78. The maximum atomic E-state index is 12.4. The molecule has 0 heterocycles. The lowest BCUT2D eigenvalue weighted by Gasteiger charge is -2.15. The summed E-state index contributed by atoms with van der Waals surface area (Å²) in [5, 5.41) is 14.1. The van der Waals surface area contributed by atoms with E-state index in [4.69, 9.17) is 10.9 Å². The smallest absolute Gasteiger partial charge is 0.288 e. The molecule has 1 fully saturated rings. The van der Waals surface area contributed by atoms with Crippen LogP contribution in [0.3, 0.4) is 0 Å². The molecule has 0 radical (unpaired) electrons. The van der Waals surface area contributed by atoms with Crippen molar-refractivity contribution < 1.29 is 18.8 Å². The number of thioether (sulfide) groups is 1. The number of nitrogens with two attached hydrogens (primary N) is 1. The molecule has 8 heteroatoms. The molecular weight excluding hydrogens is 288 g/mol. The molecule has 0 bridgehead atoms. The third kappa shape index (κ3) is 2.84. The zero-order valence-corrected chi connectivity index (χ0v) is 11.2. The Hall–Kier alpha value is -1.83. The molecule has 4 N–H and O–H groups in total. The number of halogens is 2. The number of carbonyl (C=O) groups is 1. The van der Waals surface area contributed by atoms with Crippen LogP contribution in [0.5, 0.6) is 0 Å². The van der Waals surface area contributed by atoms with E-state index in [0.29, 0.717) is 30.3 Å².